The fourth-order valence-electron chi connectivity index (χ4n) is 1.38. The summed E-state index contributed by atoms with van der Waals surface area (Å²) in [6.45, 7) is -3.53. The fraction of sp³-hybridized carbons (Fsp3) is 0.250. The number of nitro groups is 1. The maximum Gasteiger partial charge on any atom is 0.387 e. The van der Waals surface area contributed by atoms with E-state index in [-0.39, 0.29) is 0 Å². The van der Waals surface area contributed by atoms with E-state index in [1.165, 1.54) is 0 Å². The number of nitrogens with zero attached hydrogens (tertiary/aromatic N) is 1. The second-order valence-corrected chi connectivity index (χ2v) is 5.70. The van der Waals surface area contributed by atoms with Crippen molar-refractivity contribution in [2.24, 2.45) is 0 Å². The summed E-state index contributed by atoms with van der Waals surface area (Å²) in [4.78, 5) is 7.74. The first-order valence-electron chi connectivity index (χ1n) is 4.54. The van der Waals surface area contributed by atoms with E-state index in [9.17, 15) is 36.1 Å². The van der Waals surface area contributed by atoms with Gasteiger partial charge in [0, 0.05) is 16.7 Å². The van der Waals surface area contributed by atoms with Gasteiger partial charge in [-0.2, -0.15) is 8.78 Å². The Balaban J connectivity index is 3.76. The minimum atomic E-state index is -4.98. The Kier molecular flexibility index (Phi) is 4.76. The van der Waals surface area contributed by atoms with E-state index in [1.807, 2.05) is 0 Å². The molecule has 0 fully saturated rings. The SMILES string of the molecule is O=[N+]([O-])c1ccc(OC(F)F)c(S(=O)(=O)Cl)c1C(F)F. The highest BCUT2D eigenvalue weighted by Gasteiger charge is 2.35. The first kappa shape index (κ1) is 16.4. The van der Waals surface area contributed by atoms with Crippen LogP contribution < -0.4 is 4.74 Å². The summed E-state index contributed by atoms with van der Waals surface area (Å²) in [5.41, 5.74) is -2.89. The minimum Gasteiger partial charge on any atom is -0.433 e. The first-order chi connectivity index (χ1) is 9.05. The normalized spacial score (nSPS) is 11.9. The monoisotopic (exact) mass is 337 g/mol. The molecule has 0 bridgehead atoms. The summed E-state index contributed by atoms with van der Waals surface area (Å²) in [6, 6.07) is 0.871. The summed E-state index contributed by atoms with van der Waals surface area (Å²) in [5.74, 6) is -1.20. The highest BCUT2D eigenvalue weighted by Crippen LogP contribution is 2.41. The molecule has 6 nitrogen and oxygen atoms in total. The average Bonchev–Trinajstić information content (AvgIpc) is 2.25. The van der Waals surface area contributed by atoms with Crippen molar-refractivity contribution in [2.45, 2.75) is 17.9 Å². The van der Waals surface area contributed by atoms with Crippen LogP contribution in [-0.4, -0.2) is 20.0 Å². The van der Waals surface area contributed by atoms with Gasteiger partial charge in [0.05, 0.1) is 4.92 Å². The topological polar surface area (TPSA) is 86.5 Å². The van der Waals surface area contributed by atoms with Gasteiger partial charge in [-0.05, 0) is 6.07 Å². The van der Waals surface area contributed by atoms with Crippen molar-refractivity contribution in [3.05, 3.63) is 27.8 Å². The van der Waals surface area contributed by atoms with Crippen LogP contribution in [0, 0.1) is 10.1 Å². The van der Waals surface area contributed by atoms with Gasteiger partial charge in [-0.1, -0.05) is 0 Å². The van der Waals surface area contributed by atoms with Crippen molar-refractivity contribution in [3.63, 3.8) is 0 Å². The van der Waals surface area contributed by atoms with Gasteiger partial charge in [0.15, 0.2) is 0 Å². The van der Waals surface area contributed by atoms with Crippen molar-refractivity contribution >= 4 is 25.4 Å². The van der Waals surface area contributed by atoms with E-state index in [0.717, 1.165) is 0 Å². The third kappa shape index (κ3) is 3.48. The lowest BCUT2D eigenvalue weighted by atomic mass is 10.1. The molecule has 0 saturated heterocycles. The van der Waals surface area contributed by atoms with Crippen molar-refractivity contribution < 1.29 is 35.6 Å². The highest BCUT2D eigenvalue weighted by molar-refractivity contribution is 8.13. The van der Waals surface area contributed by atoms with Gasteiger partial charge in [0.25, 0.3) is 21.2 Å². The second-order valence-electron chi connectivity index (χ2n) is 3.20. The largest absolute Gasteiger partial charge is 0.433 e. The lowest BCUT2D eigenvalue weighted by Crippen LogP contribution is -2.10. The molecule has 0 heterocycles. The number of alkyl halides is 4. The van der Waals surface area contributed by atoms with Gasteiger partial charge < -0.3 is 4.74 Å². The van der Waals surface area contributed by atoms with E-state index >= 15 is 0 Å². The van der Waals surface area contributed by atoms with Crippen molar-refractivity contribution in [1.82, 2.24) is 0 Å². The molecule has 0 aliphatic heterocycles. The van der Waals surface area contributed by atoms with Crippen LogP contribution in [0.2, 0.25) is 0 Å². The Hall–Kier alpha value is -1.62. The van der Waals surface area contributed by atoms with Crippen LogP contribution in [0.4, 0.5) is 23.2 Å². The molecule has 0 N–H and O–H groups in total. The molecule has 1 rings (SSSR count). The highest BCUT2D eigenvalue weighted by atomic mass is 35.7. The van der Waals surface area contributed by atoms with Gasteiger partial charge in [0.1, 0.15) is 16.2 Å². The van der Waals surface area contributed by atoms with E-state index in [2.05, 4.69) is 4.74 Å². The van der Waals surface area contributed by atoms with Crippen molar-refractivity contribution in [1.29, 1.82) is 0 Å². The lowest BCUT2D eigenvalue weighted by Gasteiger charge is -2.12. The molecule has 112 valence electrons. The third-order valence-electron chi connectivity index (χ3n) is 2.01. The van der Waals surface area contributed by atoms with Crippen LogP contribution in [0.25, 0.3) is 0 Å². The zero-order valence-corrected chi connectivity index (χ0v) is 10.7. The molecule has 0 aromatic heterocycles. The van der Waals surface area contributed by atoms with Crippen LogP contribution in [0.1, 0.15) is 12.0 Å². The number of rotatable bonds is 5. The minimum absolute atomic E-state index is 0.421. The third-order valence-corrected chi connectivity index (χ3v) is 3.38. The molecule has 12 heteroatoms. The lowest BCUT2D eigenvalue weighted by molar-refractivity contribution is -0.386. The molecule has 1 aromatic rings. The Morgan fingerprint density at radius 3 is 2.15 bits per heavy atom. The number of halogens is 5. The van der Waals surface area contributed by atoms with Crippen LogP contribution in [-0.2, 0) is 9.05 Å². The predicted octanol–water partition coefficient (Wildman–Crippen LogP) is 3.06. The predicted molar refractivity (Wildman–Crippen MR) is 57.7 cm³/mol. The second kappa shape index (κ2) is 5.79. The molecule has 0 saturated carbocycles. The van der Waals surface area contributed by atoms with E-state index in [0.29, 0.717) is 12.1 Å². The standard InChI is InChI=1S/C8H4ClF4NO5S/c9-20(17,18)6-4(19-8(12)13)2-1-3(14(15)16)5(6)7(10)11/h1-2,7-8H. The van der Waals surface area contributed by atoms with Gasteiger partial charge in [-0.3, -0.25) is 10.1 Å². The maximum atomic E-state index is 12.8. The molecule has 0 aliphatic carbocycles. The van der Waals surface area contributed by atoms with Crippen LogP contribution in [0.3, 0.4) is 0 Å². The van der Waals surface area contributed by atoms with Crippen LogP contribution >= 0.6 is 10.7 Å². The summed E-state index contributed by atoms with van der Waals surface area (Å²) in [7, 11) is -0.117. The molecular weight excluding hydrogens is 334 g/mol. The van der Waals surface area contributed by atoms with E-state index < -0.39 is 48.9 Å². The molecule has 0 atom stereocenters. The first-order valence-corrected chi connectivity index (χ1v) is 6.85. The van der Waals surface area contributed by atoms with Gasteiger partial charge in [0.2, 0.25) is 0 Å². The molecule has 0 radical (unpaired) electrons. The van der Waals surface area contributed by atoms with E-state index in [1.54, 1.807) is 0 Å². The fourth-order valence-corrected chi connectivity index (χ4v) is 2.67. The van der Waals surface area contributed by atoms with Crippen molar-refractivity contribution in [2.75, 3.05) is 0 Å². The van der Waals surface area contributed by atoms with E-state index in [4.69, 9.17) is 10.7 Å². The Bertz CT molecular complexity index is 636. The number of hydrogen-bond donors (Lipinski definition) is 0. The smallest absolute Gasteiger partial charge is 0.387 e. The molecule has 0 spiro atoms. The number of benzene rings is 1. The van der Waals surface area contributed by atoms with Crippen molar-refractivity contribution in [3.8, 4) is 5.75 Å². The molecule has 0 aliphatic rings. The summed E-state index contributed by atoms with van der Waals surface area (Å²) >= 11 is 0. The summed E-state index contributed by atoms with van der Waals surface area (Å²) in [6.07, 6.45) is -3.64. The van der Waals surface area contributed by atoms with Crippen LogP contribution in [0.15, 0.2) is 17.0 Å². The number of hydrogen-bond acceptors (Lipinski definition) is 5. The average molecular weight is 338 g/mol. The summed E-state index contributed by atoms with van der Waals surface area (Å²) < 4.78 is 76.0. The van der Waals surface area contributed by atoms with Gasteiger partial charge >= 0.3 is 6.61 Å². The molecule has 1 aromatic carbocycles. The Morgan fingerprint density at radius 2 is 1.80 bits per heavy atom. The Labute approximate surface area is 113 Å². The molecular formula is C8H4ClF4NO5S. The van der Waals surface area contributed by atoms with Gasteiger partial charge in [-0.15, -0.1) is 0 Å². The molecule has 20 heavy (non-hydrogen) atoms. The molecule has 0 unspecified atom stereocenters. The summed E-state index contributed by atoms with van der Waals surface area (Å²) in [5, 5.41) is 10.6. The quantitative estimate of drug-likeness (QED) is 0.357. The van der Waals surface area contributed by atoms with Crippen LogP contribution in [0.5, 0.6) is 5.75 Å². The number of ether oxygens (including phenoxy) is 1. The zero-order chi connectivity index (χ0) is 15.7. The maximum absolute atomic E-state index is 12.8. The number of nitro benzene ring substituents is 1. The zero-order valence-electron chi connectivity index (χ0n) is 9.10. The molecule has 0 amide bonds. The van der Waals surface area contributed by atoms with Gasteiger partial charge in [-0.25, -0.2) is 17.2 Å². The Morgan fingerprint density at radius 1 is 1.25 bits per heavy atom.